The molecule has 1 heterocycles. The molecule has 0 saturated heterocycles. The maximum absolute atomic E-state index is 13.4. The quantitative estimate of drug-likeness (QED) is 0.420. The number of nitriles is 1. The van der Waals surface area contributed by atoms with E-state index in [1.165, 1.54) is 11.3 Å². The van der Waals surface area contributed by atoms with Crippen molar-refractivity contribution < 1.29 is 4.79 Å². The van der Waals surface area contributed by atoms with Crippen LogP contribution in [-0.4, -0.2) is 10.8 Å². The second-order valence-corrected chi connectivity index (χ2v) is 8.59. The molecule has 1 aliphatic rings. The van der Waals surface area contributed by atoms with Gasteiger partial charge in [-0.05, 0) is 24.6 Å². The van der Waals surface area contributed by atoms with E-state index in [0.717, 1.165) is 26.4 Å². The molecule has 0 N–H and O–H groups in total. The number of hydrogen-bond donors (Lipinski definition) is 0. The molecule has 1 aliphatic carbocycles. The molecule has 5 rings (SSSR count). The minimum Gasteiger partial charge on any atom is -0.294 e. The van der Waals surface area contributed by atoms with Gasteiger partial charge in [-0.2, -0.15) is 5.26 Å². The first-order valence-electron chi connectivity index (χ1n) is 9.58. The maximum Gasteiger partial charge on any atom is 0.168 e. The molecule has 0 spiro atoms. The predicted molar refractivity (Wildman–Crippen MR) is 115 cm³/mol. The van der Waals surface area contributed by atoms with Gasteiger partial charge in [0.25, 0.3) is 0 Å². The van der Waals surface area contributed by atoms with Gasteiger partial charge in [0.15, 0.2) is 5.78 Å². The average molecular weight is 394 g/mol. The van der Waals surface area contributed by atoms with Crippen molar-refractivity contribution in [2.45, 2.75) is 18.3 Å². The van der Waals surface area contributed by atoms with E-state index in [-0.39, 0.29) is 11.7 Å². The van der Waals surface area contributed by atoms with Crippen molar-refractivity contribution in [1.29, 1.82) is 5.26 Å². The molecule has 3 atom stereocenters. The lowest BCUT2D eigenvalue weighted by Gasteiger charge is -2.05. The van der Waals surface area contributed by atoms with Gasteiger partial charge in [0, 0.05) is 11.5 Å². The molecule has 4 heteroatoms. The molecular weight excluding hydrogens is 376 g/mol. The number of aryl methyl sites for hydroxylation is 1. The second-order valence-electron chi connectivity index (χ2n) is 7.56. The van der Waals surface area contributed by atoms with E-state index in [9.17, 15) is 10.1 Å². The lowest BCUT2D eigenvalue weighted by molar-refractivity contribution is 0.0959. The third-order valence-electron chi connectivity index (χ3n) is 5.82. The van der Waals surface area contributed by atoms with Crippen molar-refractivity contribution in [3.63, 3.8) is 0 Å². The summed E-state index contributed by atoms with van der Waals surface area (Å²) in [4.78, 5) is 18.2. The zero-order valence-electron chi connectivity index (χ0n) is 15.9. The number of carbonyl (C=O) groups excluding carboxylic acids is 1. The number of benzene rings is 3. The van der Waals surface area contributed by atoms with Crippen LogP contribution in [-0.2, 0) is 5.41 Å². The largest absolute Gasteiger partial charge is 0.294 e. The highest BCUT2D eigenvalue weighted by Gasteiger charge is 2.72. The van der Waals surface area contributed by atoms with Gasteiger partial charge >= 0.3 is 0 Å². The van der Waals surface area contributed by atoms with Crippen LogP contribution in [0.1, 0.15) is 32.4 Å². The number of carbonyl (C=O) groups is 1. The van der Waals surface area contributed by atoms with Gasteiger partial charge in [0.05, 0.1) is 22.2 Å². The van der Waals surface area contributed by atoms with E-state index in [1.807, 2.05) is 85.8 Å². The number of aromatic nitrogens is 1. The summed E-state index contributed by atoms with van der Waals surface area (Å²) in [6, 6.07) is 27.8. The number of para-hydroxylation sites is 1. The Morgan fingerprint density at radius 1 is 1.00 bits per heavy atom. The summed E-state index contributed by atoms with van der Waals surface area (Å²) in [5, 5.41) is 11.1. The fourth-order valence-corrected chi connectivity index (χ4v) is 5.44. The van der Waals surface area contributed by atoms with Crippen LogP contribution in [0.3, 0.4) is 0 Å². The van der Waals surface area contributed by atoms with Gasteiger partial charge in [0.2, 0.25) is 0 Å². The zero-order valence-corrected chi connectivity index (χ0v) is 16.7. The number of hydrogen-bond acceptors (Lipinski definition) is 4. The highest BCUT2D eigenvalue weighted by Crippen LogP contribution is 2.67. The Hall–Kier alpha value is -3.29. The number of rotatable bonds is 4. The van der Waals surface area contributed by atoms with E-state index in [1.54, 1.807) is 0 Å². The second kappa shape index (κ2) is 6.65. The fraction of sp³-hybridized carbons (Fsp3) is 0.160. The van der Waals surface area contributed by atoms with Gasteiger partial charge in [-0.1, -0.05) is 72.3 Å². The molecular formula is C25H18N2OS. The van der Waals surface area contributed by atoms with Crippen LogP contribution < -0.4 is 0 Å². The molecule has 29 heavy (non-hydrogen) atoms. The van der Waals surface area contributed by atoms with E-state index >= 15 is 0 Å². The van der Waals surface area contributed by atoms with Crippen molar-refractivity contribution >= 4 is 27.3 Å². The smallest absolute Gasteiger partial charge is 0.168 e. The highest BCUT2D eigenvalue weighted by atomic mass is 32.1. The summed E-state index contributed by atoms with van der Waals surface area (Å²) in [6.07, 6.45) is 0. The van der Waals surface area contributed by atoms with Gasteiger partial charge in [-0.3, -0.25) is 4.79 Å². The molecule has 140 valence electrons. The van der Waals surface area contributed by atoms with Crippen molar-refractivity contribution in [2.24, 2.45) is 5.92 Å². The van der Waals surface area contributed by atoms with E-state index in [0.29, 0.717) is 5.56 Å². The minimum absolute atomic E-state index is 0.0111. The Bertz CT molecular complexity index is 1220. The molecule has 3 aromatic carbocycles. The van der Waals surface area contributed by atoms with Crippen molar-refractivity contribution in [2.75, 3.05) is 0 Å². The first-order valence-corrected chi connectivity index (χ1v) is 10.4. The van der Waals surface area contributed by atoms with Gasteiger partial charge in [-0.25, -0.2) is 4.98 Å². The van der Waals surface area contributed by atoms with Crippen molar-refractivity contribution in [3.8, 4) is 6.07 Å². The Morgan fingerprint density at radius 2 is 1.69 bits per heavy atom. The molecule has 4 aromatic rings. The van der Waals surface area contributed by atoms with Crippen LogP contribution in [0.4, 0.5) is 0 Å². The van der Waals surface area contributed by atoms with Crippen molar-refractivity contribution in [1.82, 2.24) is 4.98 Å². The molecule has 1 aromatic heterocycles. The molecule has 3 nitrogen and oxygen atoms in total. The molecule has 0 amide bonds. The Kier molecular flexibility index (Phi) is 4.08. The molecule has 1 saturated carbocycles. The summed E-state index contributed by atoms with van der Waals surface area (Å²) < 4.78 is 1.04. The Balaban J connectivity index is 1.66. The zero-order chi connectivity index (χ0) is 20.0. The number of Topliss-reactive ketones (excluding diaryl/α,β-unsaturated/α-hetero) is 1. The number of ketones is 1. The van der Waals surface area contributed by atoms with Crippen LogP contribution in [0.5, 0.6) is 0 Å². The lowest BCUT2D eigenvalue weighted by atomic mass is 9.99. The van der Waals surface area contributed by atoms with Gasteiger partial charge in [0.1, 0.15) is 10.4 Å². The standard InChI is InChI=1S/C25H18N2OS/c1-16-11-13-17(14-12-16)21-22(23(28)18-7-3-2-4-8-18)25(21,15-26)24-27-19-9-5-6-10-20(19)29-24/h2-14,21-22H,1H3/t21-,22+,25+/m1/s1. The van der Waals surface area contributed by atoms with Gasteiger partial charge < -0.3 is 0 Å². The lowest BCUT2D eigenvalue weighted by Crippen LogP contribution is -2.13. The Morgan fingerprint density at radius 3 is 2.38 bits per heavy atom. The first kappa shape index (κ1) is 17.8. The summed E-state index contributed by atoms with van der Waals surface area (Å²) in [7, 11) is 0. The Labute approximate surface area is 173 Å². The summed E-state index contributed by atoms with van der Waals surface area (Å²) >= 11 is 1.52. The molecule has 1 fully saturated rings. The van der Waals surface area contributed by atoms with Crippen LogP contribution in [0.15, 0.2) is 78.9 Å². The monoisotopic (exact) mass is 394 g/mol. The number of nitrogens with zero attached hydrogens (tertiary/aromatic N) is 2. The van der Waals surface area contributed by atoms with Crippen LogP contribution in [0, 0.1) is 24.2 Å². The first-order chi connectivity index (χ1) is 14.1. The van der Waals surface area contributed by atoms with E-state index in [2.05, 4.69) is 6.07 Å². The van der Waals surface area contributed by atoms with Crippen LogP contribution in [0.2, 0.25) is 0 Å². The summed E-state index contributed by atoms with van der Waals surface area (Å²) in [5.74, 6) is -0.614. The highest BCUT2D eigenvalue weighted by molar-refractivity contribution is 7.18. The molecule has 0 bridgehead atoms. The molecule has 0 aliphatic heterocycles. The third-order valence-corrected chi connectivity index (χ3v) is 7.00. The normalized spacial score (nSPS) is 22.9. The van der Waals surface area contributed by atoms with Gasteiger partial charge in [-0.15, -0.1) is 11.3 Å². The summed E-state index contributed by atoms with van der Waals surface area (Å²) in [5.41, 5.74) is 2.77. The van der Waals surface area contributed by atoms with E-state index in [4.69, 9.17) is 4.98 Å². The third kappa shape index (κ3) is 2.70. The topological polar surface area (TPSA) is 53.8 Å². The SMILES string of the molecule is Cc1ccc([C@@H]2[C@@H](C(=O)c3ccccc3)[C@@]2(C#N)c2nc3ccccc3s2)cc1. The molecule has 0 unspecified atom stereocenters. The minimum atomic E-state index is -0.925. The predicted octanol–water partition coefficient (Wildman–Crippen LogP) is 5.66. The van der Waals surface area contributed by atoms with Crippen molar-refractivity contribution in [3.05, 3.63) is 101 Å². The maximum atomic E-state index is 13.4. The fourth-order valence-electron chi connectivity index (χ4n) is 4.26. The van der Waals surface area contributed by atoms with Crippen LogP contribution >= 0.6 is 11.3 Å². The number of thiazole rings is 1. The average Bonchev–Trinajstić information content (AvgIpc) is 3.25. The van der Waals surface area contributed by atoms with E-state index < -0.39 is 11.3 Å². The number of fused-ring (bicyclic) bond motifs is 1. The molecule has 0 radical (unpaired) electrons. The summed E-state index contributed by atoms with van der Waals surface area (Å²) in [6.45, 7) is 2.04. The van der Waals surface area contributed by atoms with Crippen LogP contribution in [0.25, 0.3) is 10.2 Å².